The number of nitrogens with one attached hydrogen (secondary N) is 2. The third-order valence-corrected chi connectivity index (χ3v) is 6.01. The Bertz CT molecular complexity index is 1090. The van der Waals surface area contributed by atoms with Crippen LogP contribution in [0.4, 0.5) is 0 Å². The molecule has 0 amide bonds. The number of hydrogen-bond acceptors (Lipinski definition) is 4. The van der Waals surface area contributed by atoms with Crippen molar-refractivity contribution in [2.45, 2.75) is 18.0 Å². The highest BCUT2D eigenvalue weighted by Gasteiger charge is 2.43. The third-order valence-electron chi connectivity index (χ3n) is 5.45. The second-order valence-electron chi connectivity index (χ2n) is 7.21. The molecule has 5 nitrogen and oxygen atoms in total. The van der Waals surface area contributed by atoms with Gasteiger partial charge in [-0.1, -0.05) is 41.9 Å². The fourth-order valence-corrected chi connectivity index (χ4v) is 4.60. The van der Waals surface area contributed by atoms with Crippen LogP contribution in [0.25, 0.3) is 0 Å². The normalized spacial score (nSPS) is 20.9. The van der Waals surface area contributed by atoms with Gasteiger partial charge in [0.2, 0.25) is 0 Å². The van der Waals surface area contributed by atoms with Crippen LogP contribution in [-0.2, 0) is 5.54 Å². The molecule has 2 atom stereocenters. The molecule has 0 aliphatic carbocycles. The van der Waals surface area contributed by atoms with Crippen LogP contribution in [0.2, 0.25) is 5.02 Å². The average Bonchev–Trinajstić information content (AvgIpc) is 2.73. The van der Waals surface area contributed by atoms with Gasteiger partial charge in [0, 0.05) is 23.1 Å². The van der Waals surface area contributed by atoms with Crippen LogP contribution in [-0.4, -0.2) is 22.4 Å². The number of thiocarbonyl (C=S) groups is 1. The van der Waals surface area contributed by atoms with Crippen molar-refractivity contribution in [3.8, 4) is 17.2 Å². The maximum absolute atomic E-state index is 10.8. The Morgan fingerprint density at radius 1 is 1.07 bits per heavy atom. The van der Waals surface area contributed by atoms with E-state index in [1.165, 1.54) is 6.07 Å². The maximum atomic E-state index is 10.8. The Balaban J connectivity index is 1.89. The van der Waals surface area contributed by atoms with Crippen LogP contribution in [0.5, 0.6) is 17.2 Å². The van der Waals surface area contributed by atoms with Crippen LogP contribution in [0, 0.1) is 0 Å². The highest BCUT2D eigenvalue weighted by molar-refractivity contribution is 7.80. The molecule has 1 aliphatic rings. The molecule has 3 aromatic rings. The monoisotopic (exact) mass is 440 g/mol. The molecule has 1 fully saturated rings. The molecule has 30 heavy (non-hydrogen) atoms. The zero-order chi connectivity index (χ0) is 21.3. The minimum Gasteiger partial charge on any atom is -0.508 e. The molecular formula is C23H21ClN2O3S. The van der Waals surface area contributed by atoms with Crippen molar-refractivity contribution in [3.63, 3.8) is 0 Å². The number of aromatic hydroxyl groups is 2. The van der Waals surface area contributed by atoms with Crippen molar-refractivity contribution in [1.29, 1.82) is 0 Å². The molecular weight excluding hydrogens is 420 g/mol. The Labute approximate surface area is 185 Å². The lowest BCUT2D eigenvalue weighted by Crippen LogP contribution is -2.57. The minimum atomic E-state index is -0.851. The summed E-state index contributed by atoms with van der Waals surface area (Å²) in [5.41, 5.74) is 1.56. The van der Waals surface area contributed by atoms with E-state index in [1.807, 2.05) is 48.5 Å². The van der Waals surface area contributed by atoms with E-state index in [4.69, 9.17) is 28.6 Å². The number of benzene rings is 3. The summed E-state index contributed by atoms with van der Waals surface area (Å²) >= 11 is 12.1. The van der Waals surface area contributed by atoms with E-state index in [0.29, 0.717) is 22.1 Å². The van der Waals surface area contributed by atoms with Crippen LogP contribution < -0.4 is 15.4 Å². The van der Waals surface area contributed by atoms with Crippen LogP contribution >= 0.6 is 23.8 Å². The van der Waals surface area contributed by atoms with Gasteiger partial charge in [-0.3, -0.25) is 0 Å². The van der Waals surface area contributed by atoms with E-state index >= 15 is 0 Å². The first-order chi connectivity index (χ1) is 14.4. The van der Waals surface area contributed by atoms with Gasteiger partial charge in [0.1, 0.15) is 17.2 Å². The van der Waals surface area contributed by atoms with Gasteiger partial charge >= 0.3 is 0 Å². The molecule has 4 N–H and O–H groups in total. The van der Waals surface area contributed by atoms with E-state index in [0.717, 1.165) is 16.9 Å². The average molecular weight is 441 g/mol. The summed E-state index contributed by atoms with van der Waals surface area (Å²) in [5.74, 6) is 0.684. The predicted octanol–water partition coefficient (Wildman–Crippen LogP) is 4.61. The summed E-state index contributed by atoms with van der Waals surface area (Å²) in [4.78, 5) is 0. The van der Waals surface area contributed by atoms with Crippen molar-refractivity contribution in [2.75, 3.05) is 7.11 Å². The molecule has 0 bridgehead atoms. The number of rotatable bonds is 4. The number of methoxy groups -OCH3 is 1. The second-order valence-corrected chi connectivity index (χ2v) is 8.03. The number of halogens is 1. The van der Waals surface area contributed by atoms with Crippen LogP contribution in [0.1, 0.15) is 29.2 Å². The molecule has 1 saturated heterocycles. The van der Waals surface area contributed by atoms with Gasteiger partial charge < -0.3 is 25.6 Å². The van der Waals surface area contributed by atoms with E-state index in [9.17, 15) is 10.2 Å². The van der Waals surface area contributed by atoms with Gasteiger partial charge in [-0.25, -0.2) is 0 Å². The zero-order valence-electron chi connectivity index (χ0n) is 16.2. The summed E-state index contributed by atoms with van der Waals surface area (Å²) in [6.45, 7) is 0. The maximum Gasteiger partial charge on any atom is 0.167 e. The van der Waals surface area contributed by atoms with E-state index < -0.39 is 5.54 Å². The number of ether oxygens (including phenoxy) is 1. The lowest BCUT2D eigenvalue weighted by atomic mass is 9.75. The fourth-order valence-electron chi connectivity index (χ4n) is 4.02. The molecule has 0 radical (unpaired) electrons. The Hall–Kier alpha value is -2.96. The number of phenols is 2. The molecule has 1 heterocycles. The van der Waals surface area contributed by atoms with E-state index in [1.54, 1.807) is 19.2 Å². The summed E-state index contributed by atoms with van der Waals surface area (Å²) in [5, 5.41) is 28.3. The van der Waals surface area contributed by atoms with Gasteiger partial charge in [0.15, 0.2) is 5.11 Å². The molecule has 7 heteroatoms. The zero-order valence-corrected chi connectivity index (χ0v) is 17.8. The summed E-state index contributed by atoms with van der Waals surface area (Å²) in [7, 11) is 1.61. The lowest BCUT2D eigenvalue weighted by molar-refractivity contribution is 0.330. The molecule has 154 valence electrons. The van der Waals surface area contributed by atoms with Crippen molar-refractivity contribution in [2.24, 2.45) is 0 Å². The Morgan fingerprint density at radius 3 is 2.47 bits per heavy atom. The van der Waals surface area contributed by atoms with Crippen LogP contribution in [0.3, 0.4) is 0 Å². The predicted molar refractivity (Wildman–Crippen MR) is 121 cm³/mol. The highest BCUT2D eigenvalue weighted by Crippen LogP contribution is 2.45. The molecule has 0 spiro atoms. The van der Waals surface area contributed by atoms with Gasteiger partial charge in [-0.05, 0) is 53.7 Å². The summed E-state index contributed by atoms with van der Waals surface area (Å²) in [6, 6.07) is 19.6. The van der Waals surface area contributed by atoms with E-state index in [2.05, 4.69) is 10.6 Å². The summed E-state index contributed by atoms with van der Waals surface area (Å²) in [6.07, 6.45) is 0.515. The van der Waals surface area contributed by atoms with Gasteiger partial charge in [-0.2, -0.15) is 0 Å². The first kappa shape index (κ1) is 20.3. The van der Waals surface area contributed by atoms with E-state index in [-0.39, 0.29) is 17.5 Å². The highest BCUT2D eigenvalue weighted by atomic mass is 35.5. The quantitative estimate of drug-likeness (QED) is 0.444. The molecule has 0 saturated carbocycles. The SMILES string of the molecule is COc1ccc([C@]2(c3ccc(O)cc3O)C[C@H](c3ccccc3Cl)NC(=S)N2)cc1. The smallest absolute Gasteiger partial charge is 0.167 e. The number of phenolic OH excluding ortho intramolecular Hbond substituents is 2. The summed E-state index contributed by atoms with van der Waals surface area (Å²) < 4.78 is 5.30. The molecule has 0 aromatic heterocycles. The second kappa shape index (κ2) is 8.05. The Morgan fingerprint density at radius 2 is 1.80 bits per heavy atom. The standard InChI is InChI=1S/C23H21ClN2O3S/c1-29-16-9-6-14(7-10-16)23(18-11-8-15(27)12-21(18)28)13-20(25-22(30)26-23)17-4-2-3-5-19(17)24/h2-12,20,27-28H,13H2,1H3,(H2,25,26,30)/t20-,23+/m1/s1. The molecule has 1 aliphatic heterocycles. The lowest BCUT2D eigenvalue weighted by Gasteiger charge is -2.45. The van der Waals surface area contributed by atoms with Gasteiger partial charge in [0.05, 0.1) is 18.7 Å². The van der Waals surface area contributed by atoms with Crippen molar-refractivity contribution < 1.29 is 14.9 Å². The van der Waals surface area contributed by atoms with Gasteiger partial charge in [-0.15, -0.1) is 0 Å². The van der Waals surface area contributed by atoms with Crippen molar-refractivity contribution in [3.05, 3.63) is 88.4 Å². The fraction of sp³-hybridized carbons (Fsp3) is 0.174. The third kappa shape index (κ3) is 3.64. The number of hydrogen-bond donors (Lipinski definition) is 4. The van der Waals surface area contributed by atoms with Crippen molar-refractivity contribution >= 4 is 28.9 Å². The molecule has 3 aromatic carbocycles. The van der Waals surface area contributed by atoms with Crippen LogP contribution in [0.15, 0.2) is 66.7 Å². The van der Waals surface area contributed by atoms with Crippen molar-refractivity contribution in [1.82, 2.24) is 10.6 Å². The molecule has 4 rings (SSSR count). The first-order valence-electron chi connectivity index (χ1n) is 9.43. The largest absolute Gasteiger partial charge is 0.508 e. The topological polar surface area (TPSA) is 73.8 Å². The van der Waals surface area contributed by atoms with Gasteiger partial charge in [0.25, 0.3) is 0 Å². The first-order valence-corrected chi connectivity index (χ1v) is 10.2. The Kier molecular flexibility index (Phi) is 5.45. The molecule has 0 unspecified atom stereocenters. The minimum absolute atomic E-state index is 0.0136.